The number of fused-ring (bicyclic) bond motifs is 1. The molecule has 1 atom stereocenters. The molecule has 0 bridgehead atoms. The normalized spacial score (nSPS) is 24.0. The summed E-state index contributed by atoms with van der Waals surface area (Å²) in [6.45, 7) is 1.77. The van der Waals surface area contributed by atoms with Crippen LogP contribution in [0.15, 0.2) is 17.0 Å². The van der Waals surface area contributed by atoms with Crippen LogP contribution in [0, 0.1) is 0 Å². The Morgan fingerprint density at radius 1 is 1.53 bits per heavy atom. The van der Waals surface area contributed by atoms with Gasteiger partial charge in [0.05, 0.1) is 17.2 Å². The minimum Gasteiger partial charge on any atom is -0.492 e. The summed E-state index contributed by atoms with van der Waals surface area (Å²) in [7, 11) is -3.91. The number of nitrogens with two attached hydrogens (primary N) is 1. The Labute approximate surface area is 104 Å². The first kappa shape index (κ1) is 12.6. The smallest absolute Gasteiger partial charge is 0.241 e. The molecule has 94 valence electrons. The number of halogens is 1. The molecular formula is C10H12ClNO4S. The first-order valence-corrected chi connectivity index (χ1v) is 6.87. The largest absolute Gasteiger partial charge is 0.492 e. The molecule has 1 aliphatic heterocycles. The molecule has 17 heavy (non-hydrogen) atoms. The standard InChI is InChI=1S/C10H12ClNO4S/c1-10(13)4-5-16-9-7(17(12,14)15)3-2-6(11)8(9)10/h2-3,13H,4-5H2,1H3,(H2,12,14,15). The van der Waals surface area contributed by atoms with Crippen LogP contribution in [-0.4, -0.2) is 20.1 Å². The quantitative estimate of drug-likeness (QED) is 0.801. The Hall–Kier alpha value is -0.820. The van der Waals surface area contributed by atoms with Gasteiger partial charge in [-0.1, -0.05) is 11.6 Å². The van der Waals surface area contributed by atoms with E-state index >= 15 is 0 Å². The molecule has 0 fully saturated rings. The Kier molecular flexibility index (Phi) is 2.86. The Balaban J connectivity index is 2.79. The van der Waals surface area contributed by atoms with Gasteiger partial charge in [-0.25, -0.2) is 13.6 Å². The van der Waals surface area contributed by atoms with Gasteiger partial charge in [-0.15, -0.1) is 0 Å². The Morgan fingerprint density at radius 3 is 2.76 bits per heavy atom. The van der Waals surface area contributed by atoms with Crippen molar-refractivity contribution in [3.05, 3.63) is 22.7 Å². The molecule has 0 spiro atoms. The van der Waals surface area contributed by atoms with E-state index in [-0.39, 0.29) is 27.8 Å². The summed E-state index contributed by atoms with van der Waals surface area (Å²) in [5.41, 5.74) is -0.942. The molecule has 0 saturated carbocycles. The van der Waals surface area contributed by atoms with Crippen LogP contribution in [0.3, 0.4) is 0 Å². The molecule has 1 aromatic carbocycles. The predicted octanol–water partition coefficient (Wildman–Crippen LogP) is 0.977. The fourth-order valence-electron chi connectivity index (χ4n) is 1.89. The van der Waals surface area contributed by atoms with E-state index in [0.29, 0.717) is 6.42 Å². The zero-order chi connectivity index (χ0) is 12.8. The van der Waals surface area contributed by atoms with E-state index in [0.717, 1.165) is 0 Å². The monoisotopic (exact) mass is 277 g/mol. The van der Waals surface area contributed by atoms with Crippen LogP contribution >= 0.6 is 11.6 Å². The van der Waals surface area contributed by atoms with Gasteiger partial charge in [0.1, 0.15) is 10.6 Å². The molecule has 1 aromatic rings. The van der Waals surface area contributed by atoms with Crippen molar-refractivity contribution in [3.8, 4) is 5.75 Å². The molecule has 3 N–H and O–H groups in total. The minimum atomic E-state index is -3.91. The van der Waals surface area contributed by atoms with Crippen molar-refractivity contribution < 1.29 is 18.3 Å². The number of benzene rings is 1. The first-order chi connectivity index (χ1) is 7.73. The highest BCUT2D eigenvalue weighted by molar-refractivity contribution is 7.89. The lowest BCUT2D eigenvalue weighted by Crippen LogP contribution is -2.31. The van der Waals surface area contributed by atoms with E-state index in [4.69, 9.17) is 21.5 Å². The molecule has 0 amide bonds. The number of aliphatic hydroxyl groups is 1. The van der Waals surface area contributed by atoms with Gasteiger partial charge in [0.25, 0.3) is 0 Å². The first-order valence-electron chi connectivity index (χ1n) is 4.94. The third kappa shape index (κ3) is 2.13. The lowest BCUT2D eigenvalue weighted by molar-refractivity contribution is 0.0135. The number of rotatable bonds is 1. The average Bonchev–Trinajstić information content (AvgIpc) is 2.14. The summed E-state index contributed by atoms with van der Waals surface area (Å²) in [5, 5.41) is 15.5. The summed E-state index contributed by atoms with van der Waals surface area (Å²) in [4.78, 5) is -0.156. The van der Waals surface area contributed by atoms with Crippen molar-refractivity contribution in [2.24, 2.45) is 5.14 Å². The third-order valence-corrected chi connectivity index (χ3v) is 4.00. The molecular weight excluding hydrogens is 266 g/mol. The molecule has 1 aliphatic rings. The maximum atomic E-state index is 11.4. The molecule has 1 heterocycles. The van der Waals surface area contributed by atoms with Crippen LogP contribution in [0.1, 0.15) is 18.9 Å². The van der Waals surface area contributed by atoms with E-state index in [1.54, 1.807) is 6.92 Å². The molecule has 0 aliphatic carbocycles. The molecule has 7 heteroatoms. The van der Waals surface area contributed by atoms with Gasteiger partial charge in [0.2, 0.25) is 10.0 Å². The van der Waals surface area contributed by atoms with Crippen molar-refractivity contribution in [2.75, 3.05) is 6.61 Å². The zero-order valence-corrected chi connectivity index (χ0v) is 10.7. The SMILES string of the molecule is CC1(O)CCOc2c(S(N)(=O)=O)ccc(Cl)c21. The summed E-state index contributed by atoms with van der Waals surface area (Å²) >= 11 is 5.97. The van der Waals surface area contributed by atoms with Gasteiger partial charge in [-0.3, -0.25) is 0 Å². The molecule has 0 aromatic heterocycles. The number of ether oxygens (including phenoxy) is 1. The number of primary sulfonamides is 1. The van der Waals surface area contributed by atoms with E-state index in [1.807, 2.05) is 0 Å². The maximum Gasteiger partial charge on any atom is 0.241 e. The van der Waals surface area contributed by atoms with E-state index in [1.165, 1.54) is 12.1 Å². The topological polar surface area (TPSA) is 89.6 Å². The van der Waals surface area contributed by atoms with Crippen molar-refractivity contribution in [1.82, 2.24) is 0 Å². The van der Waals surface area contributed by atoms with Crippen LogP contribution in [0.25, 0.3) is 0 Å². The fraction of sp³-hybridized carbons (Fsp3) is 0.400. The zero-order valence-electron chi connectivity index (χ0n) is 9.10. The number of hydrogen-bond donors (Lipinski definition) is 2. The van der Waals surface area contributed by atoms with E-state index < -0.39 is 15.6 Å². The highest BCUT2D eigenvalue weighted by atomic mass is 35.5. The van der Waals surface area contributed by atoms with Crippen LogP contribution in [-0.2, 0) is 15.6 Å². The van der Waals surface area contributed by atoms with Crippen LogP contribution < -0.4 is 9.88 Å². The third-order valence-electron chi connectivity index (χ3n) is 2.75. The molecule has 5 nitrogen and oxygen atoms in total. The molecule has 0 radical (unpaired) electrons. The van der Waals surface area contributed by atoms with Crippen LogP contribution in [0.2, 0.25) is 5.02 Å². The predicted molar refractivity (Wildman–Crippen MR) is 62.5 cm³/mol. The van der Waals surface area contributed by atoms with Gasteiger partial charge in [-0.05, 0) is 19.1 Å². The lowest BCUT2D eigenvalue weighted by atomic mass is 9.90. The van der Waals surface area contributed by atoms with Crippen molar-refractivity contribution in [1.29, 1.82) is 0 Å². The summed E-state index contributed by atoms with van der Waals surface area (Å²) in [5.74, 6) is 0.0521. The van der Waals surface area contributed by atoms with Crippen LogP contribution in [0.5, 0.6) is 5.75 Å². The maximum absolute atomic E-state index is 11.4. The minimum absolute atomic E-state index is 0.0521. The van der Waals surface area contributed by atoms with Crippen molar-refractivity contribution in [2.45, 2.75) is 23.8 Å². The van der Waals surface area contributed by atoms with Crippen molar-refractivity contribution >= 4 is 21.6 Å². The molecule has 1 unspecified atom stereocenters. The summed E-state index contributed by atoms with van der Waals surface area (Å²) in [6, 6.07) is 2.67. The summed E-state index contributed by atoms with van der Waals surface area (Å²) < 4.78 is 28.1. The van der Waals surface area contributed by atoms with Gasteiger partial charge in [0.15, 0.2) is 0 Å². The molecule has 0 saturated heterocycles. The van der Waals surface area contributed by atoms with Gasteiger partial charge in [-0.2, -0.15) is 0 Å². The number of hydrogen-bond acceptors (Lipinski definition) is 4. The Bertz CT molecular complexity index is 568. The Morgan fingerprint density at radius 2 is 2.18 bits per heavy atom. The average molecular weight is 278 g/mol. The van der Waals surface area contributed by atoms with Gasteiger partial charge >= 0.3 is 0 Å². The van der Waals surface area contributed by atoms with Crippen molar-refractivity contribution in [3.63, 3.8) is 0 Å². The molecule has 2 rings (SSSR count). The highest BCUT2D eigenvalue weighted by Gasteiger charge is 2.36. The second kappa shape index (κ2) is 3.84. The highest BCUT2D eigenvalue weighted by Crippen LogP contribution is 2.44. The van der Waals surface area contributed by atoms with Crippen LogP contribution in [0.4, 0.5) is 0 Å². The van der Waals surface area contributed by atoms with Gasteiger partial charge < -0.3 is 9.84 Å². The number of sulfonamides is 1. The van der Waals surface area contributed by atoms with E-state index in [2.05, 4.69) is 0 Å². The second-order valence-electron chi connectivity index (χ2n) is 4.17. The second-order valence-corrected chi connectivity index (χ2v) is 6.10. The van der Waals surface area contributed by atoms with E-state index in [9.17, 15) is 13.5 Å². The summed E-state index contributed by atoms with van der Waals surface area (Å²) in [6.07, 6.45) is 0.341. The fourth-order valence-corrected chi connectivity index (χ4v) is 2.92. The van der Waals surface area contributed by atoms with Gasteiger partial charge in [0, 0.05) is 12.0 Å². The lowest BCUT2D eigenvalue weighted by Gasteiger charge is -2.32.